The molecule has 0 radical (unpaired) electrons. The molecule has 1 unspecified atom stereocenters. The van der Waals surface area contributed by atoms with E-state index in [4.69, 9.17) is 5.11 Å². The van der Waals surface area contributed by atoms with E-state index in [-0.39, 0.29) is 24.4 Å². The predicted molar refractivity (Wildman–Crippen MR) is 121 cm³/mol. The van der Waals surface area contributed by atoms with Crippen molar-refractivity contribution < 1.29 is 19.5 Å². The number of allylic oxidation sites excluding steroid dienone is 1. The number of piperidine rings is 1. The largest absolute Gasteiger partial charge is 0.481 e. The smallest absolute Gasteiger partial charge is 0.329 e. The lowest BCUT2D eigenvalue weighted by Crippen LogP contribution is -2.44. The van der Waals surface area contributed by atoms with Crippen LogP contribution in [0.3, 0.4) is 0 Å². The Morgan fingerprint density at radius 1 is 1.12 bits per heavy atom. The van der Waals surface area contributed by atoms with Gasteiger partial charge in [-0.25, -0.2) is 4.79 Å². The van der Waals surface area contributed by atoms with Crippen LogP contribution in [0.4, 0.5) is 0 Å². The number of benzene rings is 1. The van der Waals surface area contributed by atoms with Gasteiger partial charge in [0, 0.05) is 19.4 Å². The highest BCUT2D eigenvalue weighted by Gasteiger charge is 2.31. The first-order valence-corrected chi connectivity index (χ1v) is 11.3. The molecule has 172 valence electrons. The molecule has 8 nitrogen and oxygen atoms in total. The molecule has 1 aliphatic heterocycles. The molecular weight excluding hydrogens is 410 g/mol. The zero-order valence-corrected chi connectivity index (χ0v) is 18.3. The van der Waals surface area contributed by atoms with Gasteiger partial charge in [0.05, 0.1) is 11.0 Å². The third-order valence-electron chi connectivity index (χ3n) is 5.96. The summed E-state index contributed by atoms with van der Waals surface area (Å²) in [4.78, 5) is 48.0. The average molecular weight is 442 g/mol. The summed E-state index contributed by atoms with van der Waals surface area (Å²) >= 11 is 0. The maximum atomic E-state index is 13.4. The van der Waals surface area contributed by atoms with E-state index in [1.165, 1.54) is 4.57 Å². The maximum absolute atomic E-state index is 13.4. The number of nitrogens with one attached hydrogen (secondary N) is 1. The number of carbonyl (C=O) groups excluding carboxylic acids is 2. The monoisotopic (exact) mass is 441 g/mol. The van der Waals surface area contributed by atoms with E-state index in [0.717, 1.165) is 49.6 Å². The number of unbranched alkanes of at least 4 members (excludes halogenated alkanes) is 4. The number of rotatable bonds is 12. The van der Waals surface area contributed by atoms with Crippen molar-refractivity contribution in [1.29, 1.82) is 0 Å². The van der Waals surface area contributed by atoms with Crippen molar-refractivity contribution in [3.8, 4) is 0 Å². The number of carboxylic acid groups (broad SMARTS) is 1. The van der Waals surface area contributed by atoms with Crippen LogP contribution in [0.1, 0.15) is 69.4 Å². The number of hydrogen-bond acceptors (Lipinski definition) is 4. The number of carbonyl (C=O) groups is 3. The molecule has 2 aromatic rings. The minimum atomic E-state index is -0.773. The Morgan fingerprint density at radius 3 is 2.59 bits per heavy atom. The van der Waals surface area contributed by atoms with Gasteiger partial charge in [-0.15, -0.1) is 6.58 Å². The average Bonchev–Trinajstić information content (AvgIpc) is 3.02. The van der Waals surface area contributed by atoms with Gasteiger partial charge in [0.15, 0.2) is 0 Å². The highest BCUT2D eigenvalue weighted by Crippen LogP contribution is 2.25. The van der Waals surface area contributed by atoms with E-state index in [1.54, 1.807) is 4.57 Å². The van der Waals surface area contributed by atoms with Crippen LogP contribution in [0.25, 0.3) is 11.0 Å². The summed E-state index contributed by atoms with van der Waals surface area (Å²) in [7, 11) is 0. The Balaban J connectivity index is 1.83. The number of aryl methyl sites for hydroxylation is 2. The van der Waals surface area contributed by atoms with Crippen LogP contribution in [-0.4, -0.2) is 32.0 Å². The molecular formula is C24H31N3O5. The summed E-state index contributed by atoms with van der Waals surface area (Å²) in [5.41, 5.74) is 2.36. The van der Waals surface area contributed by atoms with Crippen LogP contribution in [0.15, 0.2) is 35.6 Å². The molecule has 0 bridgehead atoms. The van der Waals surface area contributed by atoms with Gasteiger partial charge in [-0.3, -0.25) is 28.8 Å². The summed E-state index contributed by atoms with van der Waals surface area (Å²) in [6, 6.07) is 5.18. The fraction of sp³-hybridized carbons (Fsp3) is 0.500. The number of nitrogens with zero attached hydrogens (tertiary/aromatic N) is 2. The second kappa shape index (κ2) is 10.9. The van der Waals surface area contributed by atoms with Crippen LogP contribution in [0.5, 0.6) is 0 Å². The first-order chi connectivity index (χ1) is 15.4. The van der Waals surface area contributed by atoms with E-state index in [1.807, 2.05) is 24.3 Å². The first-order valence-electron chi connectivity index (χ1n) is 11.3. The predicted octanol–water partition coefficient (Wildman–Crippen LogP) is 3.32. The van der Waals surface area contributed by atoms with Gasteiger partial charge in [0.2, 0.25) is 11.8 Å². The standard InChI is InChI=1S/C24H31N3O5/c1-2-3-9-17-11-12-18-20(16-17)26(15-8-6-4-5-7-10-22(29)30)24(32)27(18)19-13-14-21(28)25-23(19)31/h2,11-12,16,19H,1,3-10,13-15H2,(H,29,30)(H,25,28,31). The summed E-state index contributed by atoms with van der Waals surface area (Å²) in [6.45, 7) is 4.29. The topological polar surface area (TPSA) is 110 Å². The highest BCUT2D eigenvalue weighted by atomic mass is 16.4. The van der Waals surface area contributed by atoms with Crippen LogP contribution < -0.4 is 11.0 Å². The Bertz CT molecular complexity index is 1070. The molecule has 1 aliphatic rings. The summed E-state index contributed by atoms with van der Waals surface area (Å²) in [5, 5.41) is 11.1. The molecule has 0 saturated carbocycles. The number of fused-ring (bicyclic) bond motifs is 1. The molecule has 32 heavy (non-hydrogen) atoms. The fourth-order valence-electron chi connectivity index (χ4n) is 4.27. The molecule has 1 aromatic carbocycles. The van der Waals surface area contributed by atoms with E-state index >= 15 is 0 Å². The number of imidazole rings is 1. The highest BCUT2D eigenvalue weighted by molar-refractivity contribution is 6.00. The second-order valence-corrected chi connectivity index (χ2v) is 8.33. The van der Waals surface area contributed by atoms with Crippen molar-refractivity contribution in [2.24, 2.45) is 0 Å². The lowest BCUT2D eigenvalue weighted by molar-refractivity contribution is -0.137. The van der Waals surface area contributed by atoms with Crippen LogP contribution in [0, 0.1) is 0 Å². The Morgan fingerprint density at radius 2 is 1.88 bits per heavy atom. The van der Waals surface area contributed by atoms with Gasteiger partial charge in [-0.2, -0.15) is 0 Å². The number of imide groups is 1. The number of amides is 2. The fourth-order valence-corrected chi connectivity index (χ4v) is 4.27. The zero-order valence-electron chi connectivity index (χ0n) is 18.3. The van der Waals surface area contributed by atoms with Crippen LogP contribution in [0.2, 0.25) is 0 Å². The first kappa shape index (κ1) is 23.5. The third kappa shape index (κ3) is 5.55. The Kier molecular flexibility index (Phi) is 8.03. The molecule has 0 spiro atoms. The number of aliphatic carboxylic acids is 1. The molecule has 2 heterocycles. The van der Waals surface area contributed by atoms with Crippen molar-refractivity contribution in [2.75, 3.05) is 0 Å². The van der Waals surface area contributed by atoms with Crippen molar-refractivity contribution in [3.05, 3.63) is 46.9 Å². The van der Waals surface area contributed by atoms with E-state index in [2.05, 4.69) is 11.9 Å². The molecule has 2 amide bonds. The van der Waals surface area contributed by atoms with Crippen LogP contribution in [-0.2, 0) is 27.3 Å². The normalized spacial score (nSPS) is 16.3. The van der Waals surface area contributed by atoms with Gasteiger partial charge >= 0.3 is 11.7 Å². The molecule has 8 heteroatoms. The lowest BCUT2D eigenvalue weighted by Gasteiger charge is -2.21. The second-order valence-electron chi connectivity index (χ2n) is 8.33. The minimum absolute atomic E-state index is 0.187. The molecule has 1 aromatic heterocycles. The molecule has 3 rings (SSSR count). The number of aromatic nitrogens is 2. The maximum Gasteiger partial charge on any atom is 0.329 e. The quantitative estimate of drug-likeness (QED) is 0.298. The van der Waals surface area contributed by atoms with Crippen LogP contribution >= 0.6 is 0 Å². The minimum Gasteiger partial charge on any atom is -0.481 e. The Labute approximate surface area is 186 Å². The third-order valence-corrected chi connectivity index (χ3v) is 5.96. The summed E-state index contributed by atoms with van der Waals surface area (Å²) < 4.78 is 3.26. The zero-order chi connectivity index (χ0) is 23.1. The molecule has 1 atom stereocenters. The number of hydrogen-bond donors (Lipinski definition) is 2. The van der Waals surface area contributed by atoms with E-state index in [9.17, 15) is 19.2 Å². The molecule has 2 N–H and O–H groups in total. The molecule has 1 fully saturated rings. The molecule has 0 aliphatic carbocycles. The Hall–Kier alpha value is -3.16. The SMILES string of the molecule is C=CCCc1ccc2c(c1)n(CCCCCCCC(=O)O)c(=O)n2C1CCC(=O)NC1=O. The van der Waals surface area contributed by atoms with Crippen molar-refractivity contribution in [2.45, 2.75) is 76.8 Å². The van der Waals surface area contributed by atoms with Gasteiger partial charge in [0.1, 0.15) is 6.04 Å². The molecule has 1 saturated heterocycles. The summed E-state index contributed by atoms with van der Waals surface area (Å²) in [6.07, 6.45) is 8.34. The van der Waals surface area contributed by atoms with E-state index < -0.39 is 17.9 Å². The summed E-state index contributed by atoms with van der Waals surface area (Å²) in [5.74, 6) is -1.51. The number of carboxylic acids is 1. The van der Waals surface area contributed by atoms with Crippen molar-refractivity contribution in [1.82, 2.24) is 14.5 Å². The van der Waals surface area contributed by atoms with E-state index in [0.29, 0.717) is 24.9 Å². The van der Waals surface area contributed by atoms with Gasteiger partial charge in [-0.1, -0.05) is 31.4 Å². The van der Waals surface area contributed by atoms with Gasteiger partial charge in [-0.05, 0) is 49.8 Å². The van der Waals surface area contributed by atoms with Crippen molar-refractivity contribution in [3.63, 3.8) is 0 Å². The van der Waals surface area contributed by atoms with Gasteiger partial charge in [0.25, 0.3) is 0 Å². The lowest BCUT2D eigenvalue weighted by atomic mass is 10.1. The van der Waals surface area contributed by atoms with Crippen molar-refractivity contribution >= 4 is 28.8 Å². The van der Waals surface area contributed by atoms with Gasteiger partial charge < -0.3 is 5.11 Å².